The van der Waals surface area contributed by atoms with E-state index in [1.807, 2.05) is 0 Å². The third kappa shape index (κ3) is 5.07. The number of nitrogens with one attached hydrogen (secondary N) is 1. The van der Waals surface area contributed by atoms with E-state index in [9.17, 15) is 13.2 Å². The maximum atomic E-state index is 13.7. The first-order valence-corrected chi connectivity index (χ1v) is 12.4. The second kappa shape index (κ2) is 9.98. The van der Waals surface area contributed by atoms with Crippen LogP contribution in [0.25, 0.3) is 16.7 Å². The van der Waals surface area contributed by atoms with E-state index < -0.39 is 11.7 Å². The van der Waals surface area contributed by atoms with Crippen LogP contribution in [0.15, 0.2) is 49.2 Å². The van der Waals surface area contributed by atoms with Crippen molar-refractivity contribution < 1.29 is 22.6 Å². The quantitative estimate of drug-likeness (QED) is 0.309. The fourth-order valence-corrected chi connectivity index (χ4v) is 4.77. The Kier molecular flexibility index (Phi) is 6.49. The molecule has 0 unspecified atom stereocenters. The highest BCUT2D eigenvalue weighted by molar-refractivity contribution is 6.36. The van der Waals surface area contributed by atoms with Crippen LogP contribution in [0.2, 0.25) is 5.02 Å². The lowest BCUT2D eigenvalue weighted by Crippen LogP contribution is -2.35. The molecule has 0 saturated carbocycles. The van der Waals surface area contributed by atoms with E-state index in [2.05, 4.69) is 30.3 Å². The Morgan fingerprint density at radius 2 is 1.92 bits per heavy atom. The predicted molar refractivity (Wildman–Crippen MR) is 137 cm³/mol. The van der Waals surface area contributed by atoms with Gasteiger partial charge in [0.2, 0.25) is 5.95 Å². The molecule has 1 aromatic carbocycles. The van der Waals surface area contributed by atoms with Crippen LogP contribution in [0.3, 0.4) is 0 Å². The van der Waals surface area contributed by atoms with Gasteiger partial charge in [0, 0.05) is 44.8 Å². The lowest BCUT2D eigenvalue weighted by molar-refractivity contribution is -0.137. The van der Waals surface area contributed by atoms with Gasteiger partial charge in [0.25, 0.3) is 0 Å². The fraction of sp³-hybridized carbons (Fsp3) is 0.280. The Hall–Kier alpha value is -3.94. The minimum atomic E-state index is -4.51. The van der Waals surface area contributed by atoms with Crippen LogP contribution in [0.4, 0.5) is 24.8 Å². The van der Waals surface area contributed by atoms with Crippen molar-refractivity contribution >= 4 is 39.9 Å². The molecule has 202 valence electrons. The topological polar surface area (TPSA) is 94.6 Å². The number of halogens is 4. The fourth-order valence-electron chi connectivity index (χ4n) is 4.47. The van der Waals surface area contributed by atoms with Crippen molar-refractivity contribution in [2.75, 3.05) is 31.6 Å². The number of alkyl halides is 3. The van der Waals surface area contributed by atoms with E-state index in [0.717, 1.165) is 6.07 Å². The van der Waals surface area contributed by atoms with Gasteiger partial charge in [-0.3, -0.25) is 9.88 Å². The van der Waals surface area contributed by atoms with Gasteiger partial charge >= 0.3 is 6.18 Å². The van der Waals surface area contributed by atoms with E-state index in [-0.39, 0.29) is 22.4 Å². The minimum absolute atomic E-state index is 0.239. The average molecular weight is 559 g/mol. The first-order valence-electron chi connectivity index (χ1n) is 12.0. The van der Waals surface area contributed by atoms with Gasteiger partial charge < -0.3 is 19.4 Å². The molecule has 4 aromatic heterocycles. The Morgan fingerprint density at radius 1 is 1.10 bits per heavy atom. The van der Waals surface area contributed by atoms with Gasteiger partial charge in [-0.15, -0.1) is 0 Å². The lowest BCUT2D eigenvalue weighted by Gasteiger charge is -2.27. The summed E-state index contributed by atoms with van der Waals surface area (Å²) in [6.07, 6.45) is 3.36. The van der Waals surface area contributed by atoms with E-state index in [1.165, 1.54) is 18.5 Å². The Morgan fingerprint density at radius 3 is 2.72 bits per heavy atom. The molecular formula is C25H22ClF3N8O2. The second-order valence-electron chi connectivity index (χ2n) is 9.05. The number of pyridine rings is 1. The van der Waals surface area contributed by atoms with Crippen LogP contribution in [-0.4, -0.2) is 60.3 Å². The molecule has 1 N–H and O–H groups in total. The standard InChI is InChI=1S/C25H22ClF3N8O2/c1-35-22-21(26)20(39-19-13-32-37-3-2-30-11-18(19)37)12-31-23(22)34-24(35)33-17-9-15(8-16(10-17)25(27,28)29)14-36-4-6-38-7-5-36/h2-3,8-13H,4-7,14H2,1H3,(H,31,33,34). The van der Waals surface area contributed by atoms with Crippen molar-refractivity contribution in [2.45, 2.75) is 12.7 Å². The van der Waals surface area contributed by atoms with Gasteiger partial charge in [0.05, 0.1) is 37.4 Å². The molecule has 5 heterocycles. The molecule has 0 radical (unpaired) electrons. The van der Waals surface area contributed by atoms with Gasteiger partial charge in [0.15, 0.2) is 17.1 Å². The number of rotatable bonds is 6. The SMILES string of the molecule is Cn1c(Nc2cc(CN3CCOCC3)cc(C(F)(F)F)c2)nc2ncc(Oc3cnn4ccncc34)c(Cl)c21. The maximum Gasteiger partial charge on any atom is 0.416 e. The Balaban J connectivity index is 1.32. The molecule has 0 amide bonds. The van der Waals surface area contributed by atoms with Crippen LogP contribution in [0.5, 0.6) is 11.5 Å². The van der Waals surface area contributed by atoms with Crippen molar-refractivity contribution in [1.82, 2.24) is 34.0 Å². The zero-order valence-corrected chi connectivity index (χ0v) is 21.4. The van der Waals surface area contributed by atoms with E-state index in [1.54, 1.807) is 40.8 Å². The maximum absolute atomic E-state index is 13.7. The minimum Gasteiger partial charge on any atom is -0.450 e. The van der Waals surface area contributed by atoms with Crippen LogP contribution >= 0.6 is 11.6 Å². The first kappa shape index (κ1) is 25.3. The van der Waals surface area contributed by atoms with Gasteiger partial charge in [-0.2, -0.15) is 23.3 Å². The van der Waals surface area contributed by atoms with Crippen LogP contribution in [0.1, 0.15) is 11.1 Å². The Bertz CT molecular complexity index is 1660. The van der Waals surface area contributed by atoms with Crippen molar-refractivity contribution in [3.8, 4) is 11.5 Å². The van der Waals surface area contributed by atoms with E-state index >= 15 is 0 Å². The number of imidazole rings is 1. The molecule has 0 bridgehead atoms. The molecule has 1 saturated heterocycles. The molecule has 14 heteroatoms. The van der Waals surface area contributed by atoms with Gasteiger partial charge in [-0.25, -0.2) is 9.50 Å². The summed E-state index contributed by atoms with van der Waals surface area (Å²) in [6.45, 7) is 2.79. The third-order valence-corrected chi connectivity index (χ3v) is 6.77. The van der Waals surface area contributed by atoms with Crippen LogP contribution in [0, 0.1) is 0 Å². The van der Waals surface area contributed by atoms with Gasteiger partial charge in [0.1, 0.15) is 16.1 Å². The van der Waals surface area contributed by atoms with Crippen molar-refractivity contribution in [1.29, 1.82) is 0 Å². The highest BCUT2D eigenvalue weighted by atomic mass is 35.5. The molecule has 39 heavy (non-hydrogen) atoms. The molecule has 0 spiro atoms. The van der Waals surface area contributed by atoms with Crippen molar-refractivity contribution in [2.24, 2.45) is 7.05 Å². The van der Waals surface area contributed by atoms with Crippen LogP contribution in [-0.2, 0) is 24.5 Å². The number of hydrogen-bond donors (Lipinski definition) is 1. The monoisotopic (exact) mass is 558 g/mol. The first-order chi connectivity index (χ1) is 18.8. The lowest BCUT2D eigenvalue weighted by atomic mass is 10.1. The number of hydrogen-bond acceptors (Lipinski definition) is 8. The van der Waals surface area contributed by atoms with E-state index in [0.29, 0.717) is 60.8 Å². The molecule has 1 aliphatic rings. The summed E-state index contributed by atoms with van der Waals surface area (Å²) in [5, 5.41) is 7.47. The third-order valence-electron chi connectivity index (χ3n) is 6.40. The molecular weight excluding hydrogens is 537 g/mol. The smallest absolute Gasteiger partial charge is 0.416 e. The summed E-state index contributed by atoms with van der Waals surface area (Å²) in [7, 11) is 1.69. The zero-order chi connectivity index (χ0) is 27.1. The number of anilines is 2. The molecule has 0 atom stereocenters. The number of morpholine rings is 1. The summed E-state index contributed by atoms with van der Waals surface area (Å²) in [4.78, 5) is 15.0. The van der Waals surface area contributed by atoms with E-state index in [4.69, 9.17) is 21.1 Å². The summed E-state index contributed by atoms with van der Waals surface area (Å²) in [6, 6.07) is 3.92. The summed E-state index contributed by atoms with van der Waals surface area (Å²) >= 11 is 6.69. The number of nitrogens with zero attached hydrogens (tertiary/aromatic N) is 7. The largest absolute Gasteiger partial charge is 0.450 e. The number of fused-ring (bicyclic) bond motifs is 2. The summed E-state index contributed by atoms with van der Waals surface area (Å²) < 4.78 is 55.7. The molecule has 1 fully saturated rings. The molecule has 6 rings (SSSR count). The average Bonchev–Trinajstić information content (AvgIpc) is 3.46. The highest BCUT2D eigenvalue weighted by Crippen LogP contribution is 2.37. The Labute approximate surface area is 224 Å². The zero-order valence-electron chi connectivity index (χ0n) is 20.6. The second-order valence-corrected chi connectivity index (χ2v) is 9.43. The number of ether oxygens (including phenoxy) is 2. The van der Waals surface area contributed by atoms with Crippen molar-refractivity contribution in [3.05, 3.63) is 65.3 Å². The number of aromatic nitrogens is 6. The van der Waals surface area contributed by atoms with Gasteiger partial charge in [-0.05, 0) is 23.8 Å². The van der Waals surface area contributed by atoms with Crippen molar-refractivity contribution in [3.63, 3.8) is 0 Å². The molecule has 5 aromatic rings. The normalized spacial score (nSPS) is 14.8. The molecule has 0 aliphatic carbocycles. The number of benzene rings is 1. The van der Waals surface area contributed by atoms with Crippen LogP contribution < -0.4 is 10.1 Å². The number of aryl methyl sites for hydroxylation is 1. The predicted octanol–water partition coefficient (Wildman–Crippen LogP) is 5.05. The highest BCUT2D eigenvalue weighted by Gasteiger charge is 2.31. The van der Waals surface area contributed by atoms with Gasteiger partial charge in [-0.1, -0.05) is 11.6 Å². The summed E-state index contributed by atoms with van der Waals surface area (Å²) in [5.41, 5.74) is 1.43. The summed E-state index contributed by atoms with van der Waals surface area (Å²) in [5.74, 6) is 0.973. The molecule has 1 aliphatic heterocycles. The molecule has 10 nitrogen and oxygen atoms in total.